The molecule has 0 amide bonds. The summed E-state index contributed by atoms with van der Waals surface area (Å²) >= 11 is 5.68. The van der Waals surface area contributed by atoms with Gasteiger partial charge in [0.2, 0.25) is 0 Å². The number of rotatable bonds is 3. The van der Waals surface area contributed by atoms with Crippen LogP contribution >= 0.6 is 11.6 Å². The maximum absolute atomic E-state index is 11.3. The summed E-state index contributed by atoms with van der Waals surface area (Å²) in [7, 11) is 1.41. The second-order valence-electron chi connectivity index (χ2n) is 3.17. The zero-order valence-electron chi connectivity index (χ0n) is 7.75. The zero-order valence-corrected chi connectivity index (χ0v) is 8.51. The van der Waals surface area contributed by atoms with Crippen molar-refractivity contribution in [1.29, 1.82) is 0 Å². The van der Waals surface area contributed by atoms with Crippen molar-refractivity contribution in [3.63, 3.8) is 0 Å². The van der Waals surface area contributed by atoms with Crippen LogP contribution in [0.2, 0.25) is 0 Å². The second-order valence-corrected chi connectivity index (χ2v) is 3.70. The molecule has 13 heavy (non-hydrogen) atoms. The van der Waals surface area contributed by atoms with E-state index in [0.717, 1.165) is 19.4 Å². The summed E-state index contributed by atoms with van der Waals surface area (Å²) in [6, 6.07) is -0.125. The molecule has 0 N–H and O–H groups in total. The van der Waals surface area contributed by atoms with Crippen molar-refractivity contribution >= 4 is 17.6 Å². The number of halogens is 1. The summed E-state index contributed by atoms with van der Waals surface area (Å²) in [6.45, 7) is 5.07. The molecule has 0 aromatic heterocycles. The van der Waals surface area contributed by atoms with Crippen LogP contribution in [0, 0.1) is 0 Å². The van der Waals surface area contributed by atoms with E-state index in [2.05, 4.69) is 6.58 Å². The Morgan fingerprint density at radius 1 is 1.77 bits per heavy atom. The number of carbonyl (C=O) groups is 1. The van der Waals surface area contributed by atoms with Crippen LogP contribution in [0.4, 0.5) is 0 Å². The van der Waals surface area contributed by atoms with Crippen LogP contribution in [-0.2, 0) is 9.53 Å². The lowest BCUT2D eigenvalue weighted by atomic mass is 10.2. The molecule has 1 rings (SSSR count). The fraction of sp³-hybridized carbons (Fsp3) is 0.667. The Hall–Kier alpha value is -0.540. The Kier molecular flexibility index (Phi) is 3.75. The highest BCUT2D eigenvalue weighted by atomic mass is 35.5. The van der Waals surface area contributed by atoms with E-state index in [9.17, 15) is 4.79 Å². The van der Waals surface area contributed by atoms with Gasteiger partial charge in [-0.15, -0.1) is 0 Å². The third kappa shape index (κ3) is 2.71. The van der Waals surface area contributed by atoms with Crippen LogP contribution in [-0.4, -0.2) is 37.1 Å². The Bertz CT molecular complexity index is 218. The van der Waals surface area contributed by atoms with Gasteiger partial charge in [-0.2, -0.15) is 0 Å². The molecule has 0 radical (unpaired) electrons. The molecule has 0 aromatic carbocycles. The van der Waals surface area contributed by atoms with E-state index >= 15 is 0 Å². The average Bonchev–Trinajstić information content (AvgIpc) is 2.50. The van der Waals surface area contributed by atoms with Crippen molar-refractivity contribution in [2.75, 3.05) is 20.2 Å². The van der Waals surface area contributed by atoms with Gasteiger partial charge in [0.1, 0.15) is 6.04 Å². The second kappa shape index (κ2) is 4.63. The minimum Gasteiger partial charge on any atom is -0.468 e. The Morgan fingerprint density at radius 3 is 3.00 bits per heavy atom. The molecule has 1 heterocycles. The van der Waals surface area contributed by atoms with E-state index in [-0.39, 0.29) is 12.0 Å². The van der Waals surface area contributed by atoms with Gasteiger partial charge >= 0.3 is 5.97 Å². The molecule has 1 saturated heterocycles. The number of esters is 1. The Morgan fingerprint density at radius 2 is 2.46 bits per heavy atom. The molecule has 1 unspecified atom stereocenters. The van der Waals surface area contributed by atoms with Crippen LogP contribution in [0.15, 0.2) is 11.6 Å². The molecule has 0 bridgehead atoms. The highest BCUT2D eigenvalue weighted by Gasteiger charge is 2.31. The maximum Gasteiger partial charge on any atom is 0.323 e. The molecule has 0 spiro atoms. The predicted octanol–water partition coefficient (Wildman–Crippen LogP) is 1.38. The number of likely N-dealkylation sites (tertiary alicyclic amines) is 1. The lowest BCUT2D eigenvalue weighted by molar-refractivity contribution is -0.145. The molecule has 74 valence electrons. The third-order valence-electron chi connectivity index (χ3n) is 2.21. The number of hydrogen-bond acceptors (Lipinski definition) is 3. The van der Waals surface area contributed by atoms with Crippen molar-refractivity contribution < 1.29 is 9.53 Å². The van der Waals surface area contributed by atoms with E-state index in [1.54, 1.807) is 0 Å². The van der Waals surface area contributed by atoms with Crippen molar-refractivity contribution in [1.82, 2.24) is 4.90 Å². The highest BCUT2D eigenvalue weighted by molar-refractivity contribution is 6.29. The van der Waals surface area contributed by atoms with Gasteiger partial charge in [-0.05, 0) is 19.4 Å². The van der Waals surface area contributed by atoms with Gasteiger partial charge in [-0.25, -0.2) is 0 Å². The van der Waals surface area contributed by atoms with Gasteiger partial charge in [0.25, 0.3) is 0 Å². The van der Waals surface area contributed by atoms with Crippen LogP contribution in [0.1, 0.15) is 12.8 Å². The highest BCUT2D eigenvalue weighted by Crippen LogP contribution is 2.19. The Balaban J connectivity index is 2.53. The molecule has 1 fully saturated rings. The lowest BCUT2D eigenvalue weighted by Crippen LogP contribution is -2.37. The molecule has 1 aliphatic rings. The first-order chi connectivity index (χ1) is 6.15. The molecular weight excluding hydrogens is 190 g/mol. The van der Waals surface area contributed by atoms with Gasteiger partial charge in [0.05, 0.1) is 7.11 Å². The van der Waals surface area contributed by atoms with Crippen LogP contribution in [0.3, 0.4) is 0 Å². The first-order valence-electron chi connectivity index (χ1n) is 4.30. The molecule has 0 saturated carbocycles. The largest absolute Gasteiger partial charge is 0.468 e. The molecular formula is C9H14ClNO2. The molecule has 0 aliphatic carbocycles. The monoisotopic (exact) mass is 203 g/mol. The van der Waals surface area contributed by atoms with Crippen LogP contribution in [0.5, 0.6) is 0 Å². The molecule has 1 atom stereocenters. The molecule has 0 aromatic rings. The number of carbonyl (C=O) groups excluding carboxylic acids is 1. The summed E-state index contributed by atoms with van der Waals surface area (Å²) < 4.78 is 4.69. The van der Waals surface area contributed by atoms with Gasteiger partial charge in [-0.3, -0.25) is 9.69 Å². The first kappa shape index (κ1) is 10.5. The smallest absolute Gasteiger partial charge is 0.323 e. The fourth-order valence-electron chi connectivity index (χ4n) is 1.64. The summed E-state index contributed by atoms with van der Waals surface area (Å²) in [5.74, 6) is -0.171. The van der Waals surface area contributed by atoms with E-state index in [4.69, 9.17) is 16.3 Å². The van der Waals surface area contributed by atoms with Gasteiger partial charge in [0, 0.05) is 11.6 Å². The van der Waals surface area contributed by atoms with Crippen LogP contribution in [0.25, 0.3) is 0 Å². The van der Waals surface area contributed by atoms with E-state index < -0.39 is 0 Å². The zero-order chi connectivity index (χ0) is 9.84. The quantitative estimate of drug-likeness (QED) is 0.649. The standard InChI is InChI=1S/C9H14ClNO2/c1-7(10)6-11-5-3-4-8(11)9(12)13-2/h8H,1,3-6H2,2H3. The topological polar surface area (TPSA) is 29.5 Å². The van der Waals surface area contributed by atoms with Crippen molar-refractivity contribution in [2.45, 2.75) is 18.9 Å². The summed E-state index contributed by atoms with van der Waals surface area (Å²) in [6.07, 6.45) is 1.88. The van der Waals surface area contributed by atoms with Crippen molar-refractivity contribution in [3.8, 4) is 0 Å². The summed E-state index contributed by atoms with van der Waals surface area (Å²) in [5.41, 5.74) is 0. The van der Waals surface area contributed by atoms with Gasteiger partial charge in [0.15, 0.2) is 0 Å². The minimum atomic E-state index is -0.171. The fourth-order valence-corrected chi connectivity index (χ4v) is 1.79. The molecule has 4 heteroatoms. The van der Waals surface area contributed by atoms with E-state index in [1.807, 2.05) is 4.90 Å². The lowest BCUT2D eigenvalue weighted by Gasteiger charge is -2.21. The van der Waals surface area contributed by atoms with Crippen molar-refractivity contribution in [3.05, 3.63) is 11.6 Å². The van der Waals surface area contributed by atoms with Crippen LogP contribution < -0.4 is 0 Å². The summed E-state index contributed by atoms with van der Waals surface area (Å²) in [4.78, 5) is 13.3. The number of nitrogens with zero attached hydrogens (tertiary/aromatic N) is 1. The number of methoxy groups -OCH3 is 1. The number of hydrogen-bond donors (Lipinski definition) is 0. The maximum atomic E-state index is 11.3. The molecule has 1 aliphatic heterocycles. The van der Waals surface area contributed by atoms with Gasteiger partial charge in [-0.1, -0.05) is 18.2 Å². The molecule has 3 nitrogen and oxygen atoms in total. The van der Waals surface area contributed by atoms with Gasteiger partial charge < -0.3 is 4.74 Å². The summed E-state index contributed by atoms with van der Waals surface area (Å²) in [5, 5.41) is 0.566. The normalized spacial score (nSPS) is 23.1. The van der Waals surface area contributed by atoms with Crippen molar-refractivity contribution in [2.24, 2.45) is 0 Å². The van der Waals surface area contributed by atoms with E-state index in [0.29, 0.717) is 11.6 Å². The predicted molar refractivity (Wildman–Crippen MR) is 51.6 cm³/mol. The first-order valence-corrected chi connectivity index (χ1v) is 4.68. The number of ether oxygens (including phenoxy) is 1. The Labute approximate surface area is 83.3 Å². The SMILES string of the molecule is C=C(Cl)CN1CCCC1C(=O)OC. The average molecular weight is 204 g/mol. The van der Waals surface area contributed by atoms with E-state index in [1.165, 1.54) is 7.11 Å². The third-order valence-corrected chi connectivity index (χ3v) is 2.33. The minimum absolute atomic E-state index is 0.125.